The number of thioether (sulfide) groups is 2. The number of hydrogen-bond acceptors (Lipinski definition) is 6. The number of esters is 1. The van der Waals surface area contributed by atoms with E-state index in [-0.39, 0.29) is 12.6 Å². The van der Waals surface area contributed by atoms with Crippen molar-refractivity contribution in [2.24, 2.45) is 0 Å². The minimum Gasteiger partial charge on any atom is -0.462 e. The molecule has 3 nitrogen and oxygen atoms in total. The second kappa shape index (κ2) is 11.3. The van der Waals surface area contributed by atoms with Crippen LogP contribution < -0.4 is 0 Å². The molecule has 0 saturated heterocycles. The molecule has 0 aliphatic heterocycles. The molecular formula is C19H20O3S3. The Kier molecular flexibility index (Phi) is 9.04. The van der Waals surface area contributed by atoms with Crippen molar-refractivity contribution in [1.29, 1.82) is 0 Å². The van der Waals surface area contributed by atoms with E-state index >= 15 is 0 Å². The third-order valence-electron chi connectivity index (χ3n) is 3.01. The maximum atomic E-state index is 10.9. The van der Waals surface area contributed by atoms with E-state index in [1.54, 1.807) is 35.3 Å². The van der Waals surface area contributed by atoms with Crippen molar-refractivity contribution in [1.82, 2.24) is 0 Å². The van der Waals surface area contributed by atoms with E-state index < -0.39 is 0 Å². The zero-order valence-electron chi connectivity index (χ0n) is 13.7. The number of aliphatic hydroxyl groups excluding tert-OH is 1. The molecule has 132 valence electrons. The zero-order valence-corrected chi connectivity index (χ0v) is 16.2. The summed E-state index contributed by atoms with van der Waals surface area (Å²) in [4.78, 5) is 15.6. The largest absolute Gasteiger partial charge is 0.462 e. The summed E-state index contributed by atoms with van der Waals surface area (Å²) < 4.78 is 4.95. The number of rotatable bonds is 10. The SMILES string of the molecule is C=CC(=O)OCCSc1ccc(Sc2ccc(SCCO)cc2)cc1. The summed E-state index contributed by atoms with van der Waals surface area (Å²) in [6.45, 7) is 3.94. The fourth-order valence-corrected chi connectivity index (χ4v) is 4.07. The third kappa shape index (κ3) is 7.61. The molecule has 0 atom stereocenters. The van der Waals surface area contributed by atoms with Crippen LogP contribution in [0.15, 0.2) is 80.8 Å². The van der Waals surface area contributed by atoms with Gasteiger partial charge in [-0.1, -0.05) is 18.3 Å². The van der Waals surface area contributed by atoms with Crippen molar-refractivity contribution >= 4 is 41.3 Å². The van der Waals surface area contributed by atoms with Crippen molar-refractivity contribution in [2.45, 2.75) is 19.6 Å². The Hall–Kier alpha value is -1.34. The molecular weight excluding hydrogens is 372 g/mol. The van der Waals surface area contributed by atoms with Crippen molar-refractivity contribution in [3.8, 4) is 0 Å². The summed E-state index contributed by atoms with van der Waals surface area (Å²) in [5.41, 5.74) is 0. The number of carbonyl (C=O) groups is 1. The molecule has 2 rings (SSSR count). The van der Waals surface area contributed by atoms with Crippen molar-refractivity contribution in [3.05, 3.63) is 61.2 Å². The van der Waals surface area contributed by atoms with Crippen LogP contribution in [-0.2, 0) is 9.53 Å². The van der Waals surface area contributed by atoms with Crippen molar-refractivity contribution < 1.29 is 14.6 Å². The molecule has 0 unspecified atom stereocenters. The molecule has 0 radical (unpaired) electrons. The summed E-state index contributed by atoms with van der Waals surface area (Å²) in [5, 5.41) is 8.85. The molecule has 6 heteroatoms. The fourth-order valence-electron chi connectivity index (χ4n) is 1.87. The molecule has 25 heavy (non-hydrogen) atoms. The van der Waals surface area contributed by atoms with Gasteiger partial charge in [0.2, 0.25) is 0 Å². The molecule has 0 saturated carbocycles. The van der Waals surface area contributed by atoms with Gasteiger partial charge in [0, 0.05) is 37.2 Å². The predicted octanol–water partition coefficient (Wildman–Crippen LogP) is 4.74. The lowest BCUT2D eigenvalue weighted by Gasteiger charge is -2.06. The maximum Gasteiger partial charge on any atom is 0.330 e. The lowest BCUT2D eigenvalue weighted by molar-refractivity contribution is -0.137. The summed E-state index contributed by atoms with van der Waals surface area (Å²) in [6, 6.07) is 16.7. The Labute approximate surface area is 161 Å². The van der Waals surface area contributed by atoms with Gasteiger partial charge in [0.25, 0.3) is 0 Å². The van der Waals surface area contributed by atoms with Gasteiger partial charge in [0.05, 0.1) is 6.61 Å². The Morgan fingerprint density at radius 1 is 0.920 bits per heavy atom. The molecule has 0 heterocycles. The first-order valence-electron chi connectivity index (χ1n) is 7.75. The molecule has 2 aromatic rings. The van der Waals surface area contributed by atoms with Crippen LogP contribution in [-0.4, -0.2) is 35.8 Å². The Morgan fingerprint density at radius 3 is 1.88 bits per heavy atom. The van der Waals surface area contributed by atoms with Gasteiger partial charge in [-0.05, 0) is 48.5 Å². The van der Waals surface area contributed by atoms with Gasteiger partial charge in [-0.2, -0.15) is 0 Å². The van der Waals surface area contributed by atoms with E-state index in [9.17, 15) is 4.79 Å². The highest BCUT2D eigenvalue weighted by molar-refractivity contribution is 8.00. The van der Waals surface area contributed by atoms with Gasteiger partial charge in [0.15, 0.2) is 0 Å². The molecule has 0 bridgehead atoms. The van der Waals surface area contributed by atoms with Gasteiger partial charge in [-0.3, -0.25) is 0 Å². The second-order valence-corrected chi connectivity index (χ2v) is 8.32. The zero-order chi connectivity index (χ0) is 17.9. The number of benzene rings is 2. The lowest BCUT2D eigenvalue weighted by atomic mass is 10.4. The Bertz CT molecular complexity index is 669. The highest BCUT2D eigenvalue weighted by Gasteiger charge is 2.01. The monoisotopic (exact) mass is 392 g/mol. The molecule has 0 aliphatic rings. The summed E-state index contributed by atoms with van der Waals surface area (Å²) in [7, 11) is 0. The quantitative estimate of drug-likeness (QED) is 0.273. The van der Waals surface area contributed by atoms with Crippen LogP contribution in [0.5, 0.6) is 0 Å². The molecule has 1 N–H and O–H groups in total. The van der Waals surface area contributed by atoms with Crippen LogP contribution in [0, 0.1) is 0 Å². The van der Waals surface area contributed by atoms with Crippen LogP contribution in [0.3, 0.4) is 0 Å². The normalized spacial score (nSPS) is 10.4. The van der Waals surface area contributed by atoms with Gasteiger partial charge in [-0.15, -0.1) is 23.5 Å². The molecule has 0 spiro atoms. The van der Waals surface area contributed by atoms with Crippen LogP contribution in [0.25, 0.3) is 0 Å². The number of carbonyl (C=O) groups excluding carboxylic acids is 1. The van der Waals surface area contributed by atoms with Gasteiger partial charge in [0.1, 0.15) is 6.61 Å². The lowest BCUT2D eigenvalue weighted by Crippen LogP contribution is -2.03. The number of aliphatic hydroxyl groups is 1. The van der Waals surface area contributed by atoms with Gasteiger partial charge < -0.3 is 9.84 Å². The molecule has 0 aromatic heterocycles. The number of ether oxygens (including phenoxy) is 1. The maximum absolute atomic E-state index is 10.9. The summed E-state index contributed by atoms with van der Waals surface area (Å²) in [6.07, 6.45) is 1.18. The third-order valence-corrected chi connectivity index (χ3v) is 5.99. The second-order valence-electron chi connectivity index (χ2n) is 4.84. The van der Waals surface area contributed by atoms with Gasteiger partial charge >= 0.3 is 5.97 Å². The Balaban J connectivity index is 1.79. The van der Waals surface area contributed by atoms with Crippen LogP contribution in [0.2, 0.25) is 0 Å². The fraction of sp³-hybridized carbons (Fsp3) is 0.211. The highest BCUT2D eigenvalue weighted by Crippen LogP contribution is 2.31. The van der Waals surface area contributed by atoms with E-state index in [0.29, 0.717) is 6.61 Å². The Morgan fingerprint density at radius 2 is 1.40 bits per heavy atom. The average Bonchev–Trinajstić information content (AvgIpc) is 2.65. The molecule has 0 aliphatic carbocycles. The molecule has 2 aromatic carbocycles. The topological polar surface area (TPSA) is 46.5 Å². The summed E-state index contributed by atoms with van der Waals surface area (Å²) in [5.74, 6) is 1.06. The van der Waals surface area contributed by atoms with E-state index in [0.717, 1.165) is 16.4 Å². The first-order chi connectivity index (χ1) is 12.2. The van der Waals surface area contributed by atoms with Crippen LogP contribution in [0.1, 0.15) is 0 Å². The van der Waals surface area contributed by atoms with E-state index in [4.69, 9.17) is 9.84 Å². The van der Waals surface area contributed by atoms with Crippen LogP contribution in [0.4, 0.5) is 0 Å². The summed E-state index contributed by atoms with van der Waals surface area (Å²) >= 11 is 5.02. The van der Waals surface area contributed by atoms with E-state index in [1.807, 2.05) is 0 Å². The van der Waals surface area contributed by atoms with Crippen LogP contribution >= 0.6 is 35.3 Å². The molecule has 0 amide bonds. The first-order valence-corrected chi connectivity index (χ1v) is 10.5. The van der Waals surface area contributed by atoms with E-state index in [1.165, 1.54) is 20.8 Å². The molecule has 0 fully saturated rings. The standard InChI is InChI=1S/C19H20O3S3/c1-2-19(21)22-12-14-24-16-5-9-18(10-6-16)25-17-7-3-15(4-8-17)23-13-11-20/h2-10,20H,1,11-14H2. The van der Waals surface area contributed by atoms with Crippen molar-refractivity contribution in [3.63, 3.8) is 0 Å². The van der Waals surface area contributed by atoms with Crippen molar-refractivity contribution in [2.75, 3.05) is 24.7 Å². The number of hydrogen-bond donors (Lipinski definition) is 1. The minimum atomic E-state index is -0.381. The first kappa shape index (κ1) is 20.0. The predicted molar refractivity (Wildman–Crippen MR) is 107 cm³/mol. The minimum absolute atomic E-state index is 0.197. The van der Waals surface area contributed by atoms with E-state index in [2.05, 4.69) is 55.1 Å². The highest BCUT2D eigenvalue weighted by atomic mass is 32.2. The smallest absolute Gasteiger partial charge is 0.330 e. The average molecular weight is 393 g/mol. The van der Waals surface area contributed by atoms with Gasteiger partial charge in [-0.25, -0.2) is 4.79 Å².